The van der Waals surface area contributed by atoms with E-state index < -0.39 is 17.7 Å². The number of rotatable bonds is 4. The van der Waals surface area contributed by atoms with Gasteiger partial charge in [-0.2, -0.15) is 5.10 Å². The van der Waals surface area contributed by atoms with Gasteiger partial charge in [-0.1, -0.05) is 30.1 Å². The summed E-state index contributed by atoms with van der Waals surface area (Å²) in [6, 6.07) is 1.43. The highest BCUT2D eigenvalue weighted by Crippen LogP contribution is 2.31. The monoisotopic (exact) mass is 319 g/mol. The van der Waals surface area contributed by atoms with Gasteiger partial charge in [0.2, 0.25) is 0 Å². The molecule has 0 saturated carbocycles. The molecule has 1 atom stereocenters. The predicted octanol–water partition coefficient (Wildman–Crippen LogP) is 3.70. The van der Waals surface area contributed by atoms with Gasteiger partial charge in [0.25, 0.3) is 0 Å². The highest BCUT2D eigenvalue weighted by molar-refractivity contribution is 6.31. The van der Waals surface area contributed by atoms with E-state index in [9.17, 15) is 8.78 Å². The lowest BCUT2D eigenvalue weighted by Crippen LogP contribution is -2.25. The molecule has 0 aliphatic heterocycles. The largest absolute Gasteiger partial charge is 0.305 e. The summed E-state index contributed by atoms with van der Waals surface area (Å²) in [5.74, 6) is -1.27. The molecule has 1 N–H and O–H groups in total. The minimum Gasteiger partial charge on any atom is -0.305 e. The van der Waals surface area contributed by atoms with Crippen molar-refractivity contribution in [1.29, 1.82) is 0 Å². The predicted molar refractivity (Wildman–Crippen MR) is 75.1 cm³/mol. The topological polar surface area (TPSA) is 29.9 Å². The molecule has 1 heterocycles. The van der Waals surface area contributed by atoms with Crippen LogP contribution >= 0.6 is 23.2 Å². The van der Waals surface area contributed by atoms with Crippen LogP contribution in [0, 0.1) is 11.6 Å². The lowest BCUT2D eigenvalue weighted by molar-refractivity contribution is 0.523. The first-order chi connectivity index (χ1) is 9.45. The lowest BCUT2D eigenvalue weighted by atomic mass is 10.0. The van der Waals surface area contributed by atoms with E-state index in [1.54, 1.807) is 7.05 Å². The molecular weight excluding hydrogens is 307 g/mol. The summed E-state index contributed by atoms with van der Waals surface area (Å²) in [5, 5.41) is 7.22. The van der Waals surface area contributed by atoms with E-state index in [2.05, 4.69) is 10.4 Å². The number of nitrogens with zero attached hydrogens (tertiary/aromatic N) is 2. The van der Waals surface area contributed by atoms with Gasteiger partial charge in [-0.05, 0) is 18.7 Å². The minimum absolute atomic E-state index is 0.138. The maximum atomic E-state index is 14.1. The molecule has 0 radical (unpaired) electrons. The van der Waals surface area contributed by atoms with Crippen molar-refractivity contribution in [3.63, 3.8) is 0 Å². The van der Waals surface area contributed by atoms with E-state index in [1.807, 2.05) is 6.92 Å². The van der Waals surface area contributed by atoms with Crippen molar-refractivity contribution in [2.24, 2.45) is 7.05 Å². The van der Waals surface area contributed by atoms with Crippen LogP contribution in [0.1, 0.15) is 24.2 Å². The summed E-state index contributed by atoms with van der Waals surface area (Å²) in [5.41, 5.74) is 0.702. The zero-order chi connectivity index (χ0) is 14.9. The van der Waals surface area contributed by atoms with E-state index in [1.165, 1.54) is 10.9 Å². The van der Waals surface area contributed by atoms with Crippen molar-refractivity contribution < 1.29 is 8.78 Å². The van der Waals surface area contributed by atoms with Crippen molar-refractivity contribution in [1.82, 2.24) is 15.1 Å². The highest BCUT2D eigenvalue weighted by atomic mass is 35.5. The van der Waals surface area contributed by atoms with Crippen LogP contribution in [0.2, 0.25) is 10.0 Å². The molecule has 0 amide bonds. The van der Waals surface area contributed by atoms with Crippen molar-refractivity contribution in [3.05, 3.63) is 51.3 Å². The number of aryl methyl sites for hydroxylation is 1. The smallest absolute Gasteiger partial charge is 0.142 e. The molecule has 0 saturated heterocycles. The summed E-state index contributed by atoms with van der Waals surface area (Å²) in [7, 11) is 1.69. The normalized spacial score (nSPS) is 12.7. The second-order valence-corrected chi connectivity index (χ2v) is 5.09. The second kappa shape index (κ2) is 6.08. The van der Waals surface area contributed by atoms with Crippen molar-refractivity contribution in [3.8, 4) is 0 Å². The molecule has 7 heteroatoms. The molecular formula is C13H13Cl2F2N3. The first kappa shape index (κ1) is 15.2. The van der Waals surface area contributed by atoms with Gasteiger partial charge in [-0.3, -0.25) is 4.68 Å². The van der Waals surface area contributed by atoms with Crippen LogP contribution in [0.5, 0.6) is 0 Å². The summed E-state index contributed by atoms with van der Waals surface area (Å²) in [6.07, 6.45) is 1.46. The number of halogens is 4. The number of benzene rings is 1. The molecule has 0 spiro atoms. The number of hydrogen-bond donors (Lipinski definition) is 1. The fourth-order valence-electron chi connectivity index (χ4n) is 2.06. The lowest BCUT2D eigenvalue weighted by Gasteiger charge is -2.20. The van der Waals surface area contributed by atoms with Crippen LogP contribution < -0.4 is 5.32 Å². The second-order valence-electron chi connectivity index (χ2n) is 4.28. The van der Waals surface area contributed by atoms with Gasteiger partial charge in [0.1, 0.15) is 11.6 Å². The van der Waals surface area contributed by atoms with Gasteiger partial charge < -0.3 is 5.32 Å². The Kier molecular flexibility index (Phi) is 4.62. The molecule has 3 nitrogen and oxygen atoms in total. The van der Waals surface area contributed by atoms with E-state index in [0.717, 1.165) is 12.1 Å². The Morgan fingerprint density at radius 1 is 1.25 bits per heavy atom. The van der Waals surface area contributed by atoms with Gasteiger partial charge in [0.05, 0.1) is 28.0 Å². The Morgan fingerprint density at radius 2 is 1.95 bits per heavy atom. The Hall–Kier alpha value is -1.17. The van der Waals surface area contributed by atoms with Crippen LogP contribution in [-0.4, -0.2) is 16.3 Å². The van der Waals surface area contributed by atoms with Crippen LogP contribution in [0.15, 0.2) is 18.3 Å². The van der Waals surface area contributed by atoms with Crippen LogP contribution in [0.3, 0.4) is 0 Å². The molecule has 108 valence electrons. The molecule has 1 aromatic carbocycles. The number of aromatic nitrogens is 2. The quantitative estimate of drug-likeness (QED) is 0.871. The molecule has 2 aromatic rings. The maximum absolute atomic E-state index is 14.1. The Morgan fingerprint density at radius 3 is 2.50 bits per heavy atom. The SMILES string of the molecule is CCNC(c1cc(F)c(Cl)cc1F)c1c(Cl)cnn1C. The number of hydrogen-bond acceptors (Lipinski definition) is 2. The third-order valence-corrected chi connectivity index (χ3v) is 3.55. The Bertz CT molecular complexity index is 609. The fourth-order valence-corrected chi connectivity index (χ4v) is 2.49. The van der Waals surface area contributed by atoms with Gasteiger partial charge in [0, 0.05) is 12.6 Å². The molecule has 1 aromatic heterocycles. The Labute approximate surface area is 125 Å². The summed E-state index contributed by atoms with van der Waals surface area (Å²) in [6.45, 7) is 2.41. The van der Waals surface area contributed by atoms with Crippen molar-refractivity contribution in [2.75, 3.05) is 6.54 Å². The Balaban J connectivity index is 2.57. The summed E-state index contributed by atoms with van der Waals surface area (Å²) >= 11 is 11.7. The highest BCUT2D eigenvalue weighted by Gasteiger charge is 2.24. The van der Waals surface area contributed by atoms with Gasteiger partial charge in [-0.25, -0.2) is 8.78 Å². The van der Waals surface area contributed by atoms with E-state index in [-0.39, 0.29) is 10.6 Å². The van der Waals surface area contributed by atoms with Crippen molar-refractivity contribution in [2.45, 2.75) is 13.0 Å². The average Bonchev–Trinajstić information content (AvgIpc) is 2.71. The van der Waals surface area contributed by atoms with Crippen LogP contribution in [0.4, 0.5) is 8.78 Å². The van der Waals surface area contributed by atoms with Crippen LogP contribution in [-0.2, 0) is 7.05 Å². The summed E-state index contributed by atoms with van der Waals surface area (Å²) in [4.78, 5) is 0. The van der Waals surface area contributed by atoms with Gasteiger partial charge in [-0.15, -0.1) is 0 Å². The summed E-state index contributed by atoms with van der Waals surface area (Å²) < 4.78 is 29.2. The standard InChI is InChI=1S/C13H13Cl2F2N3/c1-3-18-12(13-9(15)6-19-20(13)2)7-4-11(17)8(14)5-10(7)16/h4-6,12,18H,3H2,1-2H3. The van der Waals surface area contributed by atoms with E-state index >= 15 is 0 Å². The van der Waals surface area contributed by atoms with E-state index in [4.69, 9.17) is 23.2 Å². The van der Waals surface area contributed by atoms with Gasteiger partial charge >= 0.3 is 0 Å². The molecule has 1 unspecified atom stereocenters. The molecule has 0 aliphatic rings. The number of nitrogens with one attached hydrogen (secondary N) is 1. The molecule has 0 bridgehead atoms. The molecule has 0 aliphatic carbocycles. The van der Waals surface area contributed by atoms with Gasteiger partial charge in [0.15, 0.2) is 0 Å². The average molecular weight is 320 g/mol. The molecule has 2 rings (SSSR count). The van der Waals surface area contributed by atoms with Crippen molar-refractivity contribution >= 4 is 23.2 Å². The third kappa shape index (κ3) is 2.80. The fraction of sp³-hybridized carbons (Fsp3) is 0.308. The molecule has 0 fully saturated rings. The zero-order valence-corrected chi connectivity index (χ0v) is 12.4. The van der Waals surface area contributed by atoms with Crippen LogP contribution in [0.25, 0.3) is 0 Å². The zero-order valence-electron chi connectivity index (χ0n) is 10.9. The first-order valence-electron chi connectivity index (χ1n) is 6.01. The van der Waals surface area contributed by atoms with E-state index in [0.29, 0.717) is 17.3 Å². The first-order valence-corrected chi connectivity index (χ1v) is 6.76. The maximum Gasteiger partial charge on any atom is 0.142 e. The molecule has 20 heavy (non-hydrogen) atoms. The minimum atomic E-state index is -0.677. The third-order valence-electron chi connectivity index (χ3n) is 2.97.